The van der Waals surface area contributed by atoms with Crippen LogP contribution in [0.5, 0.6) is 0 Å². The SMILES string of the molecule is Cc1nc(Nc2ccc(F)cc2)cc(C(=O)Nc2ccc(C#N)cc2)n1. The summed E-state index contributed by atoms with van der Waals surface area (Å²) in [4.78, 5) is 20.8. The third-order valence-electron chi connectivity index (χ3n) is 3.46. The summed E-state index contributed by atoms with van der Waals surface area (Å²) in [5.74, 6) is 0.107. The highest BCUT2D eigenvalue weighted by Crippen LogP contribution is 2.17. The first-order chi connectivity index (χ1) is 12.5. The van der Waals surface area contributed by atoms with Crippen LogP contribution >= 0.6 is 0 Å². The summed E-state index contributed by atoms with van der Waals surface area (Å²) in [7, 11) is 0. The lowest BCUT2D eigenvalue weighted by Crippen LogP contribution is -2.15. The molecule has 2 aromatic carbocycles. The van der Waals surface area contributed by atoms with Gasteiger partial charge in [-0.2, -0.15) is 5.26 Å². The normalized spacial score (nSPS) is 10.0. The fourth-order valence-corrected chi connectivity index (χ4v) is 2.25. The molecule has 0 aliphatic carbocycles. The lowest BCUT2D eigenvalue weighted by atomic mass is 10.2. The molecule has 1 amide bonds. The van der Waals surface area contributed by atoms with Gasteiger partial charge in [-0.1, -0.05) is 0 Å². The molecule has 6 nitrogen and oxygen atoms in total. The Kier molecular flexibility index (Phi) is 4.85. The van der Waals surface area contributed by atoms with E-state index < -0.39 is 5.91 Å². The lowest BCUT2D eigenvalue weighted by molar-refractivity contribution is 0.102. The van der Waals surface area contributed by atoms with Crippen molar-refractivity contribution in [2.75, 3.05) is 10.6 Å². The van der Waals surface area contributed by atoms with E-state index >= 15 is 0 Å². The Balaban J connectivity index is 1.78. The van der Waals surface area contributed by atoms with E-state index in [-0.39, 0.29) is 11.5 Å². The minimum Gasteiger partial charge on any atom is -0.340 e. The van der Waals surface area contributed by atoms with Crippen LogP contribution in [0.15, 0.2) is 54.6 Å². The average Bonchev–Trinajstić information content (AvgIpc) is 2.64. The number of halogens is 1. The minimum absolute atomic E-state index is 0.187. The molecular weight excluding hydrogens is 333 g/mol. The molecule has 0 atom stereocenters. The molecule has 3 aromatic rings. The molecule has 1 heterocycles. The summed E-state index contributed by atoms with van der Waals surface area (Å²) in [6.45, 7) is 1.67. The first-order valence-corrected chi connectivity index (χ1v) is 7.73. The van der Waals surface area contributed by atoms with Gasteiger partial charge in [0.05, 0.1) is 11.6 Å². The number of carbonyl (C=O) groups is 1. The van der Waals surface area contributed by atoms with Crippen LogP contribution < -0.4 is 10.6 Å². The van der Waals surface area contributed by atoms with Crippen molar-refractivity contribution >= 4 is 23.1 Å². The van der Waals surface area contributed by atoms with Crippen LogP contribution in [0.2, 0.25) is 0 Å². The summed E-state index contributed by atoms with van der Waals surface area (Å²) < 4.78 is 13.0. The Morgan fingerprint density at radius 3 is 2.35 bits per heavy atom. The Morgan fingerprint density at radius 1 is 1.04 bits per heavy atom. The molecular formula is C19H14FN5O. The van der Waals surface area contributed by atoms with E-state index in [9.17, 15) is 9.18 Å². The summed E-state index contributed by atoms with van der Waals surface area (Å²) in [5, 5.41) is 14.5. The van der Waals surface area contributed by atoms with Crippen molar-refractivity contribution in [3.63, 3.8) is 0 Å². The van der Waals surface area contributed by atoms with Crippen molar-refractivity contribution in [3.05, 3.63) is 77.5 Å². The molecule has 0 aliphatic heterocycles. The number of aryl methyl sites for hydroxylation is 1. The Hall–Kier alpha value is -3.79. The van der Waals surface area contributed by atoms with Gasteiger partial charge in [0.1, 0.15) is 23.2 Å². The summed E-state index contributed by atoms with van der Waals surface area (Å²) in [6, 6.07) is 15.8. The molecule has 128 valence electrons. The largest absolute Gasteiger partial charge is 0.340 e. The van der Waals surface area contributed by atoms with Gasteiger partial charge in [0.15, 0.2) is 0 Å². The summed E-state index contributed by atoms with van der Waals surface area (Å²) in [5.41, 5.74) is 1.89. The van der Waals surface area contributed by atoms with E-state index in [4.69, 9.17) is 5.26 Å². The lowest BCUT2D eigenvalue weighted by Gasteiger charge is -2.09. The number of hydrogen-bond acceptors (Lipinski definition) is 5. The topological polar surface area (TPSA) is 90.7 Å². The molecule has 0 bridgehead atoms. The number of nitrogens with zero attached hydrogens (tertiary/aromatic N) is 3. The van der Waals surface area contributed by atoms with Gasteiger partial charge >= 0.3 is 0 Å². The van der Waals surface area contributed by atoms with Crippen LogP contribution in [0.1, 0.15) is 21.9 Å². The Labute approximate surface area is 149 Å². The number of carbonyl (C=O) groups excluding carboxylic acids is 1. The molecule has 1 aromatic heterocycles. The standard InChI is InChI=1S/C19H14FN5O/c1-12-22-17(19(26)25-16-6-2-13(11-21)3-7-16)10-18(23-12)24-15-8-4-14(20)5-9-15/h2-10H,1H3,(H,25,26)(H,22,23,24). The van der Waals surface area contributed by atoms with Gasteiger partial charge in [-0.3, -0.25) is 4.79 Å². The molecule has 7 heteroatoms. The minimum atomic E-state index is -0.401. The van der Waals surface area contributed by atoms with Crippen molar-refractivity contribution in [3.8, 4) is 6.07 Å². The van der Waals surface area contributed by atoms with Gasteiger partial charge in [0.25, 0.3) is 5.91 Å². The molecule has 0 spiro atoms. The molecule has 0 saturated heterocycles. The fraction of sp³-hybridized carbons (Fsp3) is 0.0526. The van der Waals surface area contributed by atoms with E-state index in [1.165, 1.54) is 18.2 Å². The third-order valence-corrected chi connectivity index (χ3v) is 3.46. The fourth-order valence-electron chi connectivity index (χ4n) is 2.25. The molecule has 26 heavy (non-hydrogen) atoms. The number of hydrogen-bond donors (Lipinski definition) is 2. The number of rotatable bonds is 4. The Morgan fingerprint density at radius 2 is 1.69 bits per heavy atom. The highest BCUT2D eigenvalue weighted by Gasteiger charge is 2.11. The zero-order valence-electron chi connectivity index (χ0n) is 13.8. The molecule has 3 rings (SSSR count). The van der Waals surface area contributed by atoms with Crippen molar-refractivity contribution in [1.29, 1.82) is 5.26 Å². The number of nitrogens with one attached hydrogen (secondary N) is 2. The summed E-state index contributed by atoms with van der Waals surface area (Å²) in [6.07, 6.45) is 0. The maximum absolute atomic E-state index is 13.0. The molecule has 2 N–H and O–H groups in total. The maximum atomic E-state index is 13.0. The second-order valence-electron chi connectivity index (χ2n) is 5.46. The molecule has 0 fully saturated rings. The number of benzene rings is 2. The van der Waals surface area contributed by atoms with E-state index in [1.54, 1.807) is 43.3 Å². The summed E-state index contributed by atoms with van der Waals surface area (Å²) >= 11 is 0. The van der Waals surface area contributed by atoms with Crippen LogP contribution in [0.3, 0.4) is 0 Å². The zero-order valence-corrected chi connectivity index (χ0v) is 13.8. The van der Waals surface area contributed by atoms with Gasteiger partial charge < -0.3 is 10.6 Å². The highest BCUT2D eigenvalue weighted by molar-refractivity contribution is 6.03. The van der Waals surface area contributed by atoms with Crippen LogP contribution in [-0.4, -0.2) is 15.9 Å². The quantitative estimate of drug-likeness (QED) is 0.749. The second-order valence-corrected chi connectivity index (χ2v) is 5.46. The van der Waals surface area contributed by atoms with Crippen molar-refractivity contribution in [2.24, 2.45) is 0 Å². The van der Waals surface area contributed by atoms with Gasteiger partial charge in [0.2, 0.25) is 0 Å². The smallest absolute Gasteiger partial charge is 0.274 e. The van der Waals surface area contributed by atoms with E-state index in [0.717, 1.165) is 0 Å². The second kappa shape index (κ2) is 7.40. The van der Waals surface area contributed by atoms with Crippen molar-refractivity contribution in [2.45, 2.75) is 6.92 Å². The number of anilines is 3. The van der Waals surface area contributed by atoms with Crippen LogP contribution in [0, 0.1) is 24.1 Å². The molecule has 0 radical (unpaired) electrons. The molecule has 0 aliphatic rings. The molecule has 0 saturated carbocycles. The van der Waals surface area contributed by atoms with Crippen LogP contribution in [0.4, 0.5) is 21.6 Å². The highest BCUT2D eigenvalue weighted by atomic mass is 19.1. The number of amides is 1. The van der Waals surface area contributed by atoms with Crippen LogP contribution in [0.25, 0.3) is 0 Å². The van der Waals surface area contributed by atoms with Crippen molar-refractivity contribution < 1.29 is 9.18 Å². The number of nitriles is 1. The monoisotopic (exact) mass is 347 g/mol. The van der Waals surface area contributed by atoms with Gasteiger partial charge in [-0.15, -0.1) is 0 Å². The molecule has 0 unspecified atom stereocenters. The predicted octanol–water partition coefficient (Wildman–Crippen LogP) is 3.79. The average molecular weight is 347 g/mol. The van der Waals surface area contributed by atoms with Gasteiger partial charge in [-0.25, -0.2) is 14.4 Å². The van der Waals surface area contributed by atoms with Crippen LogP contribution in [-0.2, 0) is 0 Å². The van der Waals surface area contributed by atoms with E-state index in [1.807, 2.05) is 6.07 Å². The van der Waals surface area contributed by atoms with E-state index in [2.05, 4.69) is 20.6 Å². The van der Waals surface area contributed by atoms with E-state index in [0.29, 0.717) is 28.6 Å². The first kappa shape index (κ1) is 17.0. The third kappa shape index (κ3) is 4.19. The number of aromatic nitrogens is 2. The van der Waals surface area contributed by atoms with Gasteiger partial charge in [0, 0.05) is 17.4 Å². The Bertz CT molecular complexity index is 978. The zero-order chi connectivity index (χ0) is 18.5. The van der Waals surface area contributed by atoms with Gasteiger partial charge in [-0.05, 0) is 55.5 Å². The first-order valence-electron chi connectivity index (χ1n) is 7.73. The van der Waals surface area contributed by atoms with Crippen molar-refractivity contribution in [1.82, 2.24) is 9.97 Å². The predicted molar refractivity (Wildman–Crippen MR) is 95.6 cm³/mol. The maximum Gasteiger partial charge on any atom is 0.274 e.